The van der Waals surface area contributed by atoms with Gasteiger partial charge in [0.1, 0.15) is 5.82 Å². The van der Waals surface area contributed by atoms with Gasteiger partial charge in [-0.2, -0.15) is 0 Å². The molecule has 0 bridgehead atoms. The molecule has 0 radical (unpaired) electrons. The molecule has 8 heteroatoms. The van der Waals surface area contributed by atoms with E-state index in [-0.39, 0.29) is 0 Å². The maximum absolute atomic E-state index is 11.6. The van der Waals surface area contributed by atoms with Crippen molar-refractivity contribution in [2.75, 3.05) is 6.54 Å². The Bertz CT molecular complexity index is 804. The van der Waals surface area contributed by atoms with Gasteiger partial charge in [0.05, 0.1) is 17.6 Å². The molecule has 2 aromatic rings. The molecule has 1 aromatic carbocycles. The summed E-state index contributed by atoms with van der Waals surface area (Å²) in [4.78, 5) is 42.7. The number of urea groups is 1. The first-order valence-electron chi connectivity index (χ1n) is 7.14. The highest BCUT2D eigenvalue weighted by atomic mass is 16.2. The van der Waals surface area contributed by atoms with Gasteiger partial charge < -0.3 is 4.57 Å². The fourth-order valence-electron chi connectivity index (χ4n) is 2.48. The Hall–Kier alpha value is -3.03. The van der Waals surface area contributed by atoms with Crippen LogP contribution in [0.15, 0.2) is 29.3 Å². The number of carbonyl (C=O) groups is 3. The predicted molar refractivity (Wildman–Crippen MR) is 83.0 cm³/mol. The average Bonchev–Trinajstić information content (AvgIpc) is 2.81. The highest BCUT2D eigenvalue weighted by molar-refractivity contribution is 6.23. The first kappa shape index (κ1) is 14.9. The molecule has 4 amide bonds. The lowest BCUT2D eigenvalue weighted by atomic mass is 10.1. The van der Waals surface area contributed by atoms with E-state index < -0.39 is 23.8 Å². The summed E-state index contributed by atoms with van der Waals surface area (Å²) < 4.78 is 2.03. The van der Waals surface area contributed by atoms with Crippen LogP contribution in [0.5, 0.6) is 0 Å². The van der Waals surface area contributed by atoms with Crippen molar-refractivity contribution < 1.29 is 14.4 Å². The number of rotatable bonds is 4. The summed E-state index contributed by atoms with van der Waals surface area (Å²) >= 11 is 0. The molecule has 8 nitrogen and oxygen atoms in total. The number of hydrogen-bond donors (Lipinski definition) is 2. The van der Waals surface area contributed by atoms with E-state index in [4.69, 9.17) is 0 Å². The Labute approximate surface area is 131 Å². The van der Waals surface area contributed by atoms with Crippen molar-refractivity contribution in [3.63, 3.8) is 0 Å². The Morgan fingerprint density at radius 2 is 1.91 bits per heavy atom. The van der Waals surface area contributed by atoms with E-state index in [1.54, 1.807) is 0 Å². The number of aliphatic imine (C=N–C) groups is 1. The number of imide groups is 2. The molecule has 23 heavy (non-hydrogen) atoms. The predicted octanol–water partition coefficient (Wildman–Crippen LogP) is 0.398. The molecule has 0 aliphatic carbocycles. The van der Waals surface area contributed by atoms with Crippen LogP contribution < -0.4 is 10.6 Å². The summed E-state index contributed by atoms with van der Waals surface area (Å²) in [5.74, 6) is -1.52. The average molecular weight is 313 g/mol. The fourth-order valence-corrected chi connectivity index (χ4v) is 2.48. The fraction of sp³-hybridized carbons (Fsp3) is 0.267. The van der Waals surface area contributed by atoms with Crippen molar-refractivity contribution >= 4 is 35.1 Å². The van der Waals surface area contributed by atoms with E-state index >= 15 is 0 Å². The van der Waals surface area contributed by atoms with Gasteiger partial charge in [-0.3, -0.25) is 25.2 Å². The van der Waals surface area contributed by atoms with Gasteiger partial charge in [0, 0.05) is 12.8 Å². The Morgan fingerprint density at radius 3 is 2.65 bits per heavy atom. The number of imidazole rings is 1. The van der Waals surface area contributed by atoms with E-state index in [2.05, 4.69) is 9.98 Å². The summed E-state index contributed by atoms with van der Waals surface area (Å²) in [7, 11) is 0. The van der Waals surface area contributed by atoms with Gasteiger partial charge in [-0.1, -0.05) is 12.1 Å². The highest BCUT2D eigenvalue weighted by Crippen LogP contribution is 2.15. The van der Waals surface area contributed by atoms with Gasteiger partial charge in [0.15, 0.2) is 5.92 Å². The molecule has 0 spiro atoms. The van der Waals surface area contributed by atoms with Gasteiger partial charge in [-0.05, 0) is 19.1 Å². The number of carbonyl (C=O) groups excluding carboxylic acids is 3. The van der Waals surface area contributed by atoms with Crippen molar-refractivity contribution in [1.29, 1.82) is 0 Å². The zero-order chi connectivity index (χ0) is 16.4. The third kappa shape index (κ3) is 2.96. The molecule has 118 valence electrons. The smallest absolute Gasteiger partial charge is 0.326 e. The quantitative estimate of drug-likeness (QED) is 0.629. The van der Waals surface area contributed by atoms with Crippen LogP contribution in [0.2, 0.25) is 0 Å². The summed E-state index contributed by atoms with van der Waals surface area (Å²) in [5.41, 5.74) is 1.93. The molecule has 1 aromatic heterocycles. The number of benzene rings is 1. The number of aryl methyl sites for hydroxylation is 1. The third-order valence-electron chi connectivity index (χ3n) is 3.59. The summed E-state index contributed by atoms with van der Waals surface area (Å²) in [5, 5.41) is 4.06. The number of para-hydroxylation sites is 2. The van der Waals surface area contributed by atoms with E-state index in [1.807, 2.05) is 46.4 Å². The van der Waals surface area contributed by atoms with Crippen molar-refractivity contribution in [2.45, 2.75) is 13.5 Å². The number of aromatic nitrogens is 2. The standard InChI is InChI=1S/C15H15N5O3/c1-9-17-11-4-2-3-5-12(11)20(9)7-6-16-8-10-13(21)18-15(23)19-14(10)22/h2-5,8,10H,6-7H2,1H3,(H2,18,19,21,22,23). The molecule has 1 aliphatic rings. The van der Waals surface area contributed by atoms with Crippen LogP contribution in [0.4, 0.5) is 4.79 Å². The van der Waals surface area contributed by atoms with E-state index in [0.717, 1.165) is 16.9 Å². The van der Waals surface area contributed by atoms with Crippen LogP contribution in [0.1, 0.15) is 5.82 Å². The Kier molecular flexibility index (Phi) is 3.88. The molecule has 0 saturated carbocycles. The van der Waals surface area contributed by atoms with E-state index in [9.17, 15) is 14.4 Å². The minimum atomic E-state index is -1.08. The maximum Gasteiger partial charge on any atom is 0.328 e. The largest absolute Gasteiger partial charge is 0.328 e. The van der Waals surface area contributed by atoms with E-state index in [0.29, 0.717) is 13.1 Å². The summed E-state index contributed by atoms with van der Waals surface area (Å²) in [6, 6.07) is 6.99. The molecule has 3 rings (SSSR count). The molecule has 1 aliphatic heterocycles. The van der Waals surface area contributed by atoms with Crippen LogP contribution >= 0.6 is 0 Å². The second-order valence-electron chi connectivity index (χ2n) is 5.14. The monoisotopic (exact) mass is 313 g/mol. The van der Waals surface area contributed by atoms with Crippen LogP contribution in [-0.4, -0.2) is 40.2 Å². The SMILES string of the molecule is Cc1nc2ccccc2n1CCN=CC1C(=O)NC(=O)NC1=O. The number of nitrogens with zero attached hydrogens (tertiary/aromatic N) is 3. The molecule has 1 saturated heterocycles. The maximum atomic E-state index is 11.6. The summed E-state index contributed by atoms with van der Waals surface area (Å²) in [6.45, 7) is 2.89. The normalized spacial score (nSPS) is 16.1. The molecule has 0 unspecified atom stereocenters. The first-order valence-corrected chi connectivity index (χ1v) is 7.14. The highest BCUT2D eigenvalue weighted by Gasteiger charge is 2.32. The molecule has 2 heterocycles. The van der Waals surface area contributed by atoms with Gasteiger partial charge >= 0.3 is 6.03 Å². The van der Waals surface area contributed by atoms with Crippen LogP contribution in [0.3, 0.4) is 0 Å². The number of nitrogens with one attached hydrogen (secondary N) is 2. The van der Waals surface area contributed by atoms with Gasteiger partial charge in [-0.15, -0.1) is 0 Å². The van der Waals surface area contributed by atoms with Crippen molar-refractivity contribution in [3.05, 3.63) is 30.1 Å². The molecular weight excluding hydrogens is 298 g/mol. The Morgan fingerprint density at radius 1 is 1.22 bits per heavy atom. The van der Waals surface area contributed by atoms with Gasteiger partial charge in [-0.25, -0.2) is 9.78 Å². The zero-order valence-electron chi connectivity index (χ0n) is 12.4. The third-order valence-corrected chi connectivity index (χ3v) is 3.59. The minimum Gasteiger partial charge on any atom is -0.326 e. The lowest BCUT2D eigenvalue weighted by Gasteiger charge is -2.17. The first-order chi connectivity index (χ1) is 11.1. The molecule has 2 N–H and O–H groups in total. The minimum absolute atomic E-state index is 0.395. The van der Waals surface area contributed by atoms with Crippen LogP contribution in [0, 0.1) is 12.8 Å². The lowest BCUT2D eigenvalue weighted by molar-refractivity contribution is -0.132. The van der Waals surface area contributed by atoms with Gasteiger partial charge in [0.25, 0.3) is 0 Å². The van der Waals surface area contributed by atoms with Crippen molar-refractivity contribution in [3.8, 4) is 0 Å². The van der Waals surface area contributed by atoms with Crippen LogP contribution in [-0.2, 0) is 16.1 Å². The summed E-state index contributed by atoms with van der Waals surface area (Å²) in [6.07, 6.45) is 1.27. The number of barbiturate groups is 1. The number of fused-ring (bicyclic) bond motifs is 1. The van der Waals surface area contributed by atoms with E-state index in [1.165, 1.54) is 6.21 Å². The van der Waals surface area contributed by atoms with Crippen molar-refractivity contribution in [2.24, 2.45) is 10.9 Å². The number of amides is 4. The second kappa shape index (κ2) is 5.99. The number of hydrogen-bond acceptors (Lipinski definition) is 5. The van der Waals surface area contributed by atoms with Gasteiger partial charge in [0.2, 0.25) is 11.8 Å². The molecular formula is C15H15N5O3. The second-order valence-corrected chi connectivity index (χ2v) is 5.14. The van der Waals surface area contributed by atoms with Crippen molar-refractivity contribution in [1.82, 2.24) is 20.2 Å². The molecule has 0 atom stereocenters. The lowest BCUT2D eigenvalue weighted by Crippen LogP contribution is -2.56. The zero-order valence-corrected chi connectivity index (χ0v) is 12.4. The topological polar surface area (TPSA) is 105 Å². The Balaban J connectivity index is 1.67. The van der Waals surface area contributed by atoms with Crippen LogP contribution in [0.25, 0.3) is 11.0 Å². The molecule has 1 fully saturated rings.